The quantitative estimate of drug-likeness (QED) is 0.788. The Bertz CT molecular complexity index is 535. The molecule has 0 aliphatic heterocycles. The molecule has 0 atom stereocenters. The van der Waals surface area contributed by atoms with E-state index in [1.54, 1.807) is 6.07 Å². The average Bonchev–Trinajstić information content (AvgIpc) is 2.15. The van der Waals surface area contributed by atoms with Crippen molar-refractivity contribution >= 4 is 10.8 Å². The van der Waals surface area contributed by atoms with Gasteiger partial charge in [0.05, 0.1) is 0 Å². The Morgan fingerprint density at radius 3 is 2.29 bits per heavy atom. The van der Waals surface area contributed by atoms with Gasteiger partial charge in [-0.05, 0) is 29.7 Å². The van der Waals surface area contributed by atoms with Gasteiger partial charge in [0.25, 0.3) is 0 Å². The molecular weight excluding hydrogens is 259 g/mol. The van der Waals surface area contributed by atoms with Crippen LogP contribution in [0.1, 0.15) is 24.5 Å². The maximum atomic E-state index is 11.8. The zero-order chi connectivity index (χ0) is 11.7. The Balaban J connectivity index is 0.00000144. The first-order valence-corrected chi connectivity index (χ1v) is 5.53. The molecule has 0 bridgehead atoms. The number of fused-ring (bicyclic) bond motifs is 1. The molecule has 0 aliphatic carbocycles. The molecule has 2 aromatic rings. The number of rotatable bonds is 2. The first kappa shape index (κ1) is 13.9. The van der Waals surface area contributed by atoms with Crippen molar-refractivity contribution in [1.82, 2.24) is 0 Å². The zero-order valence-corrected chi connectivity index (χ0v) is 10.8. The number of hydrogen-bond acceptors (Lipinski definition) is 2. The Morgan fingerprint density at radius 2 is 1.65 bits per heavy atom. The molecule has 2 rings (SSSR count). The van der Waals surface area contributed by atoms with E-state index in [1.165, 1.54) is 6.07 Å². The van der Waals surface area contributed by atoms with Crippen LogP contribution >= 0.6 is 0 Å². The first-order valence-electron chi connectivity index (χ1n) is 5.53. The summed E-state index contributed by atoms with van der Waals surface area (Å²) in [7, 11) is 0. The average molecular weight is 273 g/mol. The van der Waals surface area contributed by atoms with Crippen molar-refractivity contribution in [2.24, 2.45) is 0 Å². The largest absolute Gasteiger partial charge is 2.00 e. The van der Waals surface area contributed by atoms with Crippen LogP contribution in [0.4, 0.5) is 0 Å². The van der Waals surface area contributed by atoms with Gasteiger partial charge in [-0.3, -0.25) is 0 Å². The molecule has 0 heterocycles. The van der Waals surface area contributed by atoms with Gasteiger partial charge in [-0.25, -0.2) is 0 Å². The molecule has 3 heteroatoms. The van der Waals surface area contributed by atoms with Crippen LogP contribution in [0.3, 0.4) is 0 Å². The zero-order valence-electron chi connectivity index (χ0n) is 9.86. The molecule has 2 aromatic carbocycles. The van der Waals surface area contributed by atoms with E-state index in [0.29, 0.717) is 5.39 Å². The minimum atomic E-state index is -0.164. The second-order valence-electron chi connectivity index (χ2n) is 4.21. The van der Waals surface area contributed by atoms with E-state index in [0.717, 1.165) is 29.4 Å². The maximum Gasteiger partial charge on any atom is 2.00 e. The molecule has 0 fully saturated rings. The molecule has 0 amide bonds. The molecular formula is C14H14NiO2. The summed E-state index contributed by atoms with van der Waals surface area (Å²) < 4.78 is 0. The van der Waals surface area contributed by atoms with Crippen molar-refractivity contribution in [1.29, 1.82) is 0 Å². The summed E-state index contributed by atoms with van der Waals surface area (Å²) in [6.45, 7) is 3.95. The van der Waals surface area contributed by atoms with Gasteiger partial charge < -0.3 is 10.2 Å². The molecule has 0 aromatic heterocycles. The first-order chi connectivity index (χ1) is 7.61. The van der Waals surface area contributed by atoms with Gasteiger partial charge in [-0.2, -0.15) is 0 Å². The van der Waals surface area contributed by atoms with Gasteiger partial charge in [0, 0.05) is 0 Å². The molecule has 0 saturated heterocycles. The van der Waals surface area contributed by atoms with Crippen LogP contribution < -0.4 is 10.2 Å². The molecule has 0 aliphatic rings. The summed E-state index contributed by atoms with van der Waals surface area (Å²) in [5.41, 5.74) is 1.93. The van der Waals surface area contributed by atoms with Gasteiger partial charge in [0.2, 0.25) is 0 Å². The third-order valence-corrected chi connectivity index (χ3v) is 2.72. The van der Waals surface area contributed by atoms with Gasteiger partial charge in [-0.1, -0.05) is 43.2 Å². The molecule has 0 N–H and O–H groups in total. The number of hydrogen-bond donors (Lipinski definition) is 0. The number of aryl methyl sites for hydroxylation is 2. The Morgan fingerprint density at radius 1 is 1.00 bits per heavy atom. The standard InChI is InChI=1S/C14H16O2.Ni/c1-3-4-10-7-11-5-9(2)6-12(15)14(11)13(16)8-10;/h5-8,15-16H,3-4H2,1-2H3;/q;+2/p-2. The fourth-order valence-electron chi connectivity index (χ4n) is 2.07. The third-order valence-electron chi connectivity index (χ3n) is 2.72. The Hall–Kier alpha value is -1.21. The van der Waals surface area contributed by atoms with E-state index >= 15 is 0 Å². The summed E-state index contributed by atoms with van der Waals surface area (Å²) in [5, 5.41) is 24.6. The van der Waals surface area contributed by atoms with E-state index in [9.17, 15) is 10.2 Å². The van der Waals surface area contributed by atoms with Crippen molar-refractivity contribution in [3.8, 4) is 11.5 Å². The monoisotopic (exact) mass is 272 g/mol. The van der Waals surface area contributed by atoms with Gasteiger partial charge in [-0.15, -0.1) is 11.5 Å². The fraction of sp³-hybridized carbons (Fsp3) is 0.286. The molecule has 0 saturated carbocycles. The van der Waals surface area contributed by atoms with Crippen molar-refractivity contribution in [2.45, 2.75) is 26.7 Å². The summed E-state index contributed by atoms with van der Waals surface area (Å²) in [6.07, 6.45) is 1.88. The third kappa shape index (κ3) is 2.73. The normalized spacial score (nSPS) is 10.2. The van der Waals surface area contributed by atoms with E-state index in [1.807, 2.05) is 19.1 Å². The van der Waals surface area contributed by atoms with Gasteiger partial charge >= 0.3 is 16.5 Å². The van der Waals surface area contributed by atoms with E-state index < -0.39 is 0 Å². The summed E-state index contributed by atoms with van der Waals surface area (Å²) in [4.78, 5) is 0. The molecule has 2 nitrogen and oxygen atoms in total. The second kappa shape index (κ2) is 5.42. The number of benzene rings is 2. The predicted molar refractivity (Wildman–Crippen MR) is 61.6 cm³/mol. The van der Waals surface area contributed by atoms with Gasteiger partial charge in [0.1, 0.15) is 0 Å². The molecule has 0 unspecified atom stereocenters. The van der Waals surface area contributed by atoms with Crippen molar-refractivity contribution in [2.75, 3.05) is 0 Å². The summed E-state index contributed by atoms with van der Waals surface area (Å²) >= 11 is 0. The Labute approximate surface area is 111 Å². The van der Waals surface area contributed by atoms with Crippen LogP contribution in [0, 0.1) is 6.92 Å². The van der Waals surface area contributed by atoms with Crippen molar-refractivity contribution in [3.63, 3.8) is 0 Å². The smallest absolute Gasteiger partial charge is 0.872 e. The van der Waals surface area contributed by atoms with Crippen molar-refractivity contribution < 1.29 is 26.7 Å². The van der Waals surface area contributed by atoms with E-state index in [2.05, 4.69) is 6.92 Å². The fourth-order valence-corrected chi connectivity index (χ4v) is 2.07. The second-order valence-corrected chi connectivity index (χ2v) is 4.21. The summed E-state index contributed by atoms with van der Waals surface area (Å²) in [6, 6.07) is 6.96. The minimum Gasteiger partial charge on any atom is -0.872 e. The van der Waals surface area contributed by atoms with Crippen LogP contribution in [0.2, 0.25) is 0 Å². The minimum absolute atomic E-state index is 0. The maximum absolute atomic E-state index is 11.8. The van der Waals surface area contributed by atoms with Crippen LogP contribution in [0.15, 0.2) is 24.3 Å². The molecule has 0 radical (unpaired) electrons. The van der Waals surface area contributed by atoms with E-state index in [-0.39, 0.29) is 28.0 Å². The topological polar surface area (TPSA) is 46.1 Å². The Kier molecular flexibility index (Phi) is 4.42. The van der Waals surface area contributed by atoms with Crippen molar-refractivity contribution in [3.05, 3.63) is 35.4 Å². The SMILES string of the molecule is CCCc1cc([O-])c2c([O-])cc(C)cc2c1.[Ni+2]. The predicted octanol–water partition coefficient (Wildman–Crippen LogP) is 2.25. The van der Waals surface area contributed by atoms with Crippen LogP contribution in [-0.2, 0) is 22.9 Å². The van der Waals surface area contributed by atoms with Crippen LogP contribution in [-0.4, -0.2) is 0 Å². The van der Waals surface area contributed by atoms with Crippen LogP contribution in [0.25, 0.3) is 10.8 Å². The van der Waals surface area contributed by atoms with E-state index in [4.69, 9.17) is 0 Å². The van der Waals surface area contributed by atoms with Gasteiger partial charge in [0.15, 0.2) is 0 Å². The van der Waals surface area contributed by atoms with Crippen LogP contribution in [0.5, 0.6) is 11.5 Å². The molecule has 0 spiro atoms. The summed E-state index contributed by atoms with van der Waals surface area (Å²) in [5.74, 6) is -0.311. The molecule has 92 valence electrons. The molecule has 17 heavy (non-hydrogen) atoms.